The highest BCUT2D eigenvalue weighted by atomic mass is 19.1. The number of ether oxygens (including phenoxy) is 1. The number of aromatic nitrogens is 2. The lowest BCUT2D eigenvalue weighted by molar-refractivity contribution is 0.0909. The van der Waals surface area contributed by atoms with Gasteiger partial charge < -0.3 is 10.1 Å². The van der Waals surface area contributed by atoms with Crippen LogP contribution in [0.1, 0.15) is 34.3 Å². The molecule has 1 aliphatic rings. The summed E-state index contributed by atoms with van der Waals surface area (Å²) in [5, 5.41) is 8.01. The first-order valence-electron chi connectivity index (χ1n) is 12.6. The Hall–Kier alpha value is -3.97. The Balaban J connectivity index is 1.24. The number of nitrogens with one attached hydrogen (secondary N) is 1. The van der Waals surface area contributed by atoms with Crippen molar-refractivity contribution in [2.45, 2.75) is 32.0 Å². The topological polar surface area (TPSA) is 59.4 Å². The number of halogens is 1. The lowest BCUT2D eigenvalue weighted by Gasteiger charge is -2.32. The van der Waals surface area contributed by atoms with Crippen molar-refractivity contribution in [3.8, 4) is 17.0 Å². The minimum atomic E-state index is -0.343. The first-order chi connectivity index (χ1) is 18.1. The molecule has 0 unspecified atom stereocenters. The Kier molecular flexibility index (Phi) is 7.61. The van der Waals surface area contributed by atoms with E-state index in [0.29, 0.717) is 24.3 Å². The predicted octanol–water partition coefficient (Wildman–Crippen LogP) is 5.14. The second-order valence-corrected chi connectivity index (χ2v) is 9.43. The number of methoxy groups -OCH3 is 1. The molecule has 1 aromatic heterocycles. The number of hydrogen-bond acceptors (Lipinski definition) is 4. The van der Waals surface area contributed by atoms with Crippen LogP contribution >= 0.6 is 0 Å². The van der Waals surface area contributed by atoms with Gasteiger partial charge in [-0.2, -0.15) is 5.10 Å². The van der Waals surface area contributed by atoms with Crippen molar-refractivity contribution >= 4 is 5.91 Å². The molecule has 7 heteroatoms. The Morgan fingerprint density at radius 1 is 0.973 bits per heavy atom. The SMILES string of the molecule is COc1ccc(CN2CCC(NC(=O)c3cn(Cc4ccccc4)nc3-c3ccccc3)CC2)cc1F. The van der Waals surface area contributed by atoms with Crippen LogP contribution in [0.2, 0.25) is 0 Å². The lowest BCUT2D eigenvalue weighted by atomic mass is 10.0. The molecule has 1 aliphatic heterocycles. The first-order valence-corrected chi connectivity index (χ1v) is 12.6. The molecular weight excluding hydrogens is 467 g/mol. The molecule has 1 saturated heterocycles. The fourth-order valence-electron chi connectivity index (χ4n) is 4.81. The van der Waals surface area contributed by atoms with Gasteiger partial charge in [0, 0.05) is 37.4 Å². The highest BCUT2D eigenvalue weighted by Crippen LogP contribution is 2.24. The molecule has 190 valence electrons. The van der Waals surface area contributed by atoms with Gasteiger partial charge in [-0.15, -0.1) is 0 Å². The van der Waals surface area contributed by atoms with Crippen LogP contribution in [-0.4, -0.2) is 46.8 Å². The second kappa shape index (κ2) is 11.4. The number of rotatable bonds is 8. The first kappa shape index (κ1) is 24.7. The number of piperidine rings is 1. The van der Waals surface area contributed by atoms with Crippen molar-refractivity contribution in [3.05, 3.63) is 108 Å². The molecule has 0 saturated carbocycles. The van der Waals surface area contributed by atoms with Crippen LogP contribution in [-0.2, 0) is 13.1 Å². The maximum atomic E-state index is 14.1. The van der Waals surface area contributed by atoms with E-state index in [0.717, 1.165) is 42.6 Å². The third-order valence-corrected chi connectivity index (χ3v) is 6.79. The van der Waals surface area contributed by atoms with Crippen LogP contribution in [0.3, 0.4) is 0 Å². The minimum absolute atomic E-state index is 0.0810. The van der Waals surface area contributed by atoms with Crippen LogP contribution in [0.5, 0.6) is 5.75 Å². The number of amides is 1. The molecule has 0 atom stereocenters. The minimum Gasteiger partial charge on any atom is -0.494 e. The summed E-state index contributed by atoms with van der Waals surface area (Å²) in [6.45, 7) is 2.93. The molecule has 37 heavy (non-hydrogen) atoms. The van der Waals surface area contributed by atoms with Crippen molar-refractivity contribution in [1.82, 2.24) is 20.0 Å². The van der Waals surface area contributed by atoms with E-state index in [4.69, 9.17) is 9.84 Å². The molecule has 1 fully saturated rings. The summed E-state index contributed by atoms with van der Waals surface area (Å²) >= 11 is 0. The maximum absolute atomic E-state index is 14.1. The van der Waals surface area contributed by atoms with Gasteiger partial charge in [-0.3, -0.25) is 14.4 Å². The second-order valence-electron chi connectivity index (χ2n) is 9.43. The van der Waals surface area contributed by atoms with E-state index in [1.54, 1.807) is 6.07 Å². The Bertz CT molecular complexity index is 1330. The van der Waals surface area contributed by atoms with E-state index in [1.165, 1.54) is 13.2 Å². The van der Waals surface area contributed by atoms with E-state index in [9.17, 15) is 9.18 Å². The van der Waals surface area contributed by atoms with Crippen molar-refractivity contribution in [3.63, 3.8) is 0 Å². The summed E-state index contributed by atoms with van der Waals surface area (Å²) in [6, 6.07) is 25.1. The maximum Gasteiger partial charge on any atom is 0.255 e. The quantitative estimate of drug-likeness (QED) is 0.366. The summed E-state index contributed by atoms with van der Waals surface area (Å²) in [6.07, 6.45) is 3.52. The molecule has 6 nitrogen and oxygen atoms in total. The summed E-state index contributed by atoms with van der Waals surface area (Å²) < 4.78 is 20.9. The van der Waals surface area contributed by atoms with Gasteiger partial charge in [0.05, 0.1) is 19.2 Å². The van der Waals surface area contributed by atoms with Gasteiger partial charge in [0.2, 0.25) is 0 Å². The fraction of sp³-hybridized carbons (Fsp3) is 0.267. The zero-order valence-corrected chi connectivity index (χ0v) is 20.9. The van der Waals surface area contributed by atoms with Gasteiger partial charge >= 0.3 is 0 Å². The van der Waals surface area contributed by atoms with E-state index >= 15 is 0 Å². The zero-order valence-electron chi connectivity index (χ0n) is 20.9. The Morgan fingerprint density at radius 2 is 1.68 bits per heavy atom. The number of carbonyl (C=O) groups is 1. The van der Waals surface area contributed by atoms with Gasteiger partial charge in [-0.05, 0) is 36.1 Å². The molecule has 0 bridgehead atoms. The standard InChI is InChI=1S/C30H31FN4O2/c1-37-28-13-12-23(18-27(28)31)19-34-16-14-25(15-17-34)32-30(36)26-21-35(20-22-8-4-2-5-9-22)33-29(26)24-10-6-3-7-11-24/h2-13,18,21,25H,14-17,19-20H2,1H3,(H,32,36). The lowest BCUT2D eigenvalue weighted by Crippen LogP contribution is -2.44. The van der Waals surface area contributed by atoms with Crippen molar-refractivity contribution in [2.24, 2.45) is 0 Å². The summed E-state index contributed by atoms with van der Waals surface area (Å²) in [5.41, 5.74) is 4.23. The molecule has 0 spiro atoms. The van der Waals surface area contributed by atoms with Crippen molar-refractivity contribution in [1.29, 1.82) is 0 Å². The average Bonchev–Trinajstić information content (AvgIpc) is 3.35. The van der Waals surface area contributed by atoms with Crippen molar-refractivity contribution in [2.75, 3.05) is 20.2 Å². The smallest absolute Gasteiger partial charge is 0.255 e. The monoisotopic (exact) mass is 498 g/mol. The molecule has 2 heterocycles. The number of carbonyl (C=O) groups excluding carboxylic acids is 1. The summed E-state index contributed by atoms with van der Waals surface area (Å²) in [4.78, 5) is 15.7. The average molecular weight is 499 g/mol. The fourth-order valence-corrected chi connectivity index (χ4v) is 4.81. The van der Waals surface area contributed by atoms with Crippen molar-refractivity contribution < 1.29 is 13.9 Å². The van der Waals surface area contributed by atoms with Gasteiger partial charge in [0.15, 0.2) is 11.6 Å². The number of hydrogen-bond donors (Lipinski definition) is 1. The molecule has 4 aromatic rings. The van der Waals surface area contributed by atoms with Gasteiger partial charge in [-0.1, -0.05) is 66.7 Å². The molecule has 1 N–H and O–H groups in total. The summed E-state index contributed by atoms with van der Waals surface area (Å²) in [7, 11) is 1.47. The van der Waals surface area contributed by atoms with E-state index in [1.807, 2.05) is 65.5 Å². The van der Waals surface area contributed by atoms with Crippen LogP contribution in [0, 0.1) is 5.82 Å². The predicted molar refractivity (Wildman–Crippen MR) is 142 cm³/mol. The number of likely N-dealkylation sites (tertiary alicyclic amines) is 1. The van der Waals surface area contributed by atoms with Crippen LogP contribution in [0.4, 0.5) is 4.39 Å². The largest absolute Gasteiger partial charge is 0.494 e. The Morgan fingerprint density at radius 3 is 2.35 bits per heavy atom. The van der Waals surface area contributed by atoms with Gasteiger partial charge in [0.1, 0.15) is 5.69 Å². The molecular formula is C30H31FN4O2. The van der Waals surface area contributed by atoms with Gasteiger partial charge in [-0.25, -0.2) is 4.39 Å². The molecule has 1 amide bonds. The van der Waals surface area contributed by atoms with E-state index in [2.05, 4.69) is 22.3 Å². The van der Waals surface area contributed by atoms with E-state index in [-0.39, 0.29) is 23.5 Å². The van der Waals surface area contributed by atoms with Crippen LogP contribution < -0.4 is 10.1 Å². The Labute approximate surface area is 216 Å². The molecule has 5 rings (SSSR count). The summed E-state index contributed by atoms with van der Waals surface area (Å²) in [5.74, 6) is -0.190. The molecule has 0 radical (unpaired) electrons. The zero-order chi connectivity index (χ0) is 25.6. The van der Waals surface area contributed by atoms with E-state index < -0.39 is 0 Å². The third-order valence-electron chi connectivity index (χ3n) is 6.79. The van der Waals surface area contributed by atoms with Crippen LogP contribution in [0.15, 0.2) is 85.1 Å². The number of benzene rings is 3. The molecule has 3 aromatic carbocycles. The number of nitrogens with zero attached hydrogens (tertiary/aromatic N) is 3. The van der Waals surface area contributed by atoms with Gasteiger partial charge in [0.25, 0.3) is 5.91 Å². The molecule has 0 aliphatic carbocycles. The third kappa shape index (κ3) is 6.06. The highest BCUT2D eigenvalue weighted by Gasteiger charge is 2.24. The normalized spacial score (nSPS) is 14.4. The van der Waals surface area contributed by atoms with Crippen LogP contribution in [0.25, 0.3) is 11.3 Å². The highest BCUT2D eigenvalue weighted by molar-refractivity contribution is 6.00.